The van der Waals surface area contributed by atoms with Crippen molar-refractivity contribution < 1.29 is 13.5 Å². The van der Waals surface area contributed by atoms with E-state index >= 15 is 0 Å². The van der Waals surface area contributed by atoms with Crippen molar-refractivity contribution in [2.75, 3.05) is 12.4 Å². The van der Waals surface area contributed by atoms with Gasteiger partial charge in [-0.3, -0.25) is 0 Å². The highest BCUT2D eigenvalue weighted by atomic mass is 19.3. The summed E-state index contributed by atoms with van der Waals surface area (Å²) in [7, 11) is 1.60. The van der Waals surface area contributed by atoms with Crippen molar-refractivity contribution >= 4 is 5.82 Å². The first-order chi connectivity index (χ1) is 10.1. The van der Waals surface area contributed by atoms with Gasteiger partial charge in [0.1, 0.15) is 17.6 Å². The fourth-order valence-corrected chi connectivity index (χ4v) is 2.72. The molecule has 3 rings (SSSR count). The van der Waals surface area contributed by atoms with E-state index in [0.717, 1.165) is 17.0 Å². The van der Waals surface area contributed by atoms with Gasteiger partial charge in [0, 0.05) is 6.07 Å². The minimum Gasteiger partial charge on any atom is -0.497 e. The summed E-state index contributed by atoms with van der Waals surface area (Å²) in [6.07, 6.45) is -2.14. The Bertz CT molecular complexity index is 624. The lowest BCUT2D eigenvalue weighted by Crippen LogP contribution is -2.30. The third-order valence-electron chi connectivity index (χ3n) is 3.78. The molecule has 4 nitrogen and oxygen atoms in total. The van der Waals surface area contributed by atoms with E-state index in [4.69, 9.17) is 4.74 Å². The monoisotopic (exact) mass is 293 g/mol. The molecule has 0 amide bonds. The molecule has 1 aliphatic heterocycles. The molecule has 1 N–H and O–H groups in total. The fraction of sp³-hybridized carbons (Fsp3) is 0.400. The number of alkyl halides is 2. The number of halogens is 2. The Labute approximate surface area is 121 Å². The van der Waals surface area contributed by atoms with Gasteiger partial charge in [-0.1, -0.05) is 12.1 Å². The Morgan fingerprint density at radius 3 is 2.67 bits per heavy atom. The number of nitrogens with zero attached hydrogens (tertiary/aromatic N) is 2. The maximum absolute atomic E-state index is 13.3. The molecular weight excluding hydrogens is 276 g/mol. The maximum Gasteiger partial charge on any atom is 0.260 e. The summed E-state index contributed by atoms with van der Waals surface area (Å²) >= 11 is 0. The molecule has 1 aliphatic rings. The van der Waals surface area contributed by atoms with E-state index < -0.39 is 12.5 Å². The predicted octanol–water partition coefficient (Wildman–Crippen LogP) is 3.56. The molecule has 2 heterocycles. The first kappa shape index (κ1) is 13.9. The van der Waals surface area contributed by atoms with Crippen LogP contribution in [0.3, 0.4) is 0 Å². The van der Waals surface area contributed by atoms with Gasteiger partial charge in [0.25, 0.3) is 6.43 Å². The highest BCUT2D eigenvalue weighted by molar-refractivity contribution is 5.44. The third-order valence-corrected chi connectivity index (χ3v) is 3.78. The lowest BCUT2D eigenvalue weighted by Gasteiger charge is -2.32. The first-order valence-corrected chi connectivity index (χ1v) is 6.83. The van der Waals surface area contributed by atoms with Crippen LogP contribution in [0.25, 0.3) is 0 Å². The van der Waals surface area contributed by atoms with E-state index in [2.05, 4.69) is 10.4 Å². The lowest BCUT2D eigenvalue weighted by atomic mass is 9.97. The van der Waals surface area contributed by atoms with Gasteiger partial charge in [0.15, 0.2) is 0 Å². The highest BCUT2D eigenvalue weighted by Crippen LogP contribution is 2.38. The summed E-state index contributed by atoms with van der Waals surface area (Å²) in [6, 6.07) is 8.22. The van der Waals surface area contributed by atoms with E-state index in [-0.39, 0.29) is 6.04 Å². The van der Waals surface area contributed by atoms with E-state index in [1.807, 2.05) is 24.3 Å². The minimum atomic E-state index is -2.44. The van der Waals surface area contributed by atoms with Crippen LogP contribution in [0.5, 0.6) is 5.75 Å². The molecule has 112 valence electrons. The normalized spacial score (nSPS) is 21.0. The number of benzene rings is 1. The summed E-state index contributed by atoms with van der Waals surface area (Å²) in [5.74, 6) is 1.39. The number of nitrogens with one attached hydrogen (secondary N) is 1. The van der Waals surface area contributed by atoms with E-state index in [1.165, 1.54) is 4.68 Å². The Morgan fingerprint density at radius 1 is 1.33 bits per heavy atom. The molecule has 0 fully saturated rings. The second-order valence-corrected chi connectivity index (χ2v) is 5.22. The van der Waals surface area contributed by atoms with Gasteiger partial charge in [0.05, 0.1) is 18.8 Å². The smallest absolute Gasteiger partial charge is 0.260 e. The van der Waals surface area contributed by atoms with Crippen molar-refractivity contribution in [3.63, 3.8) is 0 Å². The average Bonchev–Trinajstić information content (AvgIpc) is 2.86. The molecule has 0 saturated heterocycles. The van der Waals surface area contributed by atoms with Crippen molar-refractivity contribution in [2.45, 2.75) is 31.9 Å². The molecule has 0 radical (unpaired) electrons. The number of aryl methyl sites for hydroxylation is 1. The molecule has 6 heteroatoms. The number of hydrogen-bond acceptors (Lipinski definition) is 3. The van der Waals surface area contributed by atoms with Crippen LogP contribution in [0.15, 0.2) is 30.3 Å². The number of methoxy groups -OCH3 is 1. The van der Waals surface area contributed by atoms with Crippen molar-refractivity contribution in [2.24, 2.45) is 0 Å². The zero-order valence-corrected chi connectivity index (χ0v) is 11.9. The third kappa shape index (κ3) is 2.57. The van der Waals surface area contributed by atoms with Crippen molar-refractivity contribution in [1.82, 2.24) is 9.78 Å². The minimum absolute atomic E-state index is 0.154. The number of hydrogen-bond donors (Lipinski definition) is 1. The molecule has 0 spiro atoms. The quantitative estimate of drug-likeness (QED) is 0.940. The molecule has 0 unspecified atom stereocenters. The van der Waals surface area contributed by atoms with E-state index in [1.54, 1.807) is 20.1 Å². The highest BCUT2D eigenvalue weighted by Gasteiger charge is 2.34. The van der Waals surface area contributed by atoms with Crippen LogP contribution in [-0.4, -0.2) is 23.3 Å². The van der Waals surface area contributed by atoms with E-state index in [0.29, 0.717) is 12.2 Å². The van der Waals surface area contributed by atoms with Gasteiger partial charge in [0.2, 0.25) is 0 Å². The van der Waals surface area contributed by atoms with Gasteiger partial charge in [-0.25, -0.2) is 13.5 Å². The predicted molar refractivity (Wildman–Crippen MR) is 76.0 cm³/mol. The molecule has 21 heavy (non-hydrogen) atoms. The van der Waals surface area contributed by atoms with Crippen molar-refractivity contribution in [3.05, 3.63) is 41.6 Å². The molecule has 0 saturated carbocycles. The van der Waals surface area contributed by atoms with Crippen LogP contribution < -0.4 is 10.1 Å². The maximum atomic E-state index is 13.3. The Morgan fingerprint density at radius 2 is 2.05 bits per heavy atom. The van der Waals surface area contributed by atoms with Crippen molar-refractivity contribution in [1.29, 1.82) is 0 Å². The fourth-order valence-electron chi connectivity index (χ4n) is 2.72. The lowest BCUT2D eigenvalue weighted by molar-refractivity contribution is 0.0657. The van der Waals surface area contributed by atoms with Gasteiger partial charge in [-0.2, -0.15) is 5.10 Å². The SMILES string of the molecule is COc1ccc([C@@H]2C[C@@H](C(F)F)n3nc(C)cc3N2)cc1. The summed E-state index contributed by atoms with van der Waals surface area (Å²) in [4.78, 5) is 0. The first-order valence-electron chi connectivity index (χ1n) is 6.83. The molecule has 0 bridgehead atoms. The van der Waals surface area contributed by atoms with Gasteiger partial charge in [-0.15, -0.1) is 0 Å². The van der Waals surface area contributed by atoms with Crippen LogP contribution in [0, 0.1) is 6.92 Å². The van der Waals surface area contributed by atoms with Gasteiger partial charge < -0.3 is 10.1 Å². The van der Waals surface area contributed by atoms with Crippen LogP contribution in [-0.2, 0) is 0 Å². The average molecular weight is 293 g/mol. The van der Waals surface area contributed by atoms with Gasteiger partial charge >= 0.3 is 0 Å². The molecule has 0 aliphatic carbocycles. The zero-order valence-electron chi connectivity index (χ0n) is 11.9. The summed E-state index contributed by atoms with van der Waals surface area (Å²) in [5, 5.41) is 7.45. The zero-order chi connectivity index (χ0) is 15.0. The molecular formula is C15H17F2N3O. The molecule has 2 aromatic rings. The summed E-state index contributed by atoms with van der Waals surface area (Å²) < 4.78 is 33.1. The summed E-state index contributed by atoms with van der Waals surface area (Å²) in [5.41, 5.74) is 1.70. The second kappa shape index (κ2) is 5.35. The Balaban J connectivity index is 1.91. The Kier molecular flexibility index (Phi) is 3.53. The number of aromatic nitrogens is 2. The van der Waals surface area contributed by atoms with Crippen LogP contribution in [0.2, 0.25) is 0 Å². The number of anilines is 1. The van der Waals surface area contributed by atoms with Crippen LogP contribution in [0.4, 0.5) is 14.6 Å². The molecule has 2 atom stereocenters. The molecule has 1 aromatic heterocycles. The van der Waals surface area contributed by atoms with Crippen molar-refractivity contribution in [3.8, 4) is 5.75 Å². The second-order valence-electron chi connectivity index (χ2n) is 5.22. The largest absolute Gasteiger partial charge is 0.497 e. The van der Waals surface area contributed by atoms with Crippen LogP contribution in [0.1, 0.15) is 29.8 Å². The number of rotatable bonds is 3. The van der Waals surface area contributed by atoms with Crippen LogP contribution >= 0.6 is 0 Å². The molecule has 1 aromatic carbocycles. The standard InChI is InChI=1S/C15H17F2N3O/c1-9-7-14-18-12(8-13(15(16)17)20(14)19-9)10-3-5-11(21-2)6-4-10/h3-7,12-13,15,18H,8H2,1-2H3/t12-,13-/m0/s1. The topological polar surface area (TPSA) is 39.1 Å². The number of fused-ring (bicyclic) bond motifs is 1. The Hall–Kier alpha value is -2.11. The summed E-state index contributed by atoms with van der Waals surface area (Å²) in [6.45, 7) is 1.80. The number of ether oxygens (including phenoxy) is 1. The van der Waals surface area contributed by atoms with E-state index in [9.17, 15) is 8.78 Å². The van der Waals surface area contributed by atoms with Gasteiger partial charge in [-0.05, 0) is 31.0 Å².